The molecule has 2 unspecified atom stereocenters. The Morgan fingerprint density at radius 2 is 1.82 bits per heavy atom. The van der Waals surface area contributed by atoms with Crippen LogP contribution in [0.3, 0.4) is 0 Å². The molecule has 34 heavy (non-hydrogen) atoms. The summed E-state index contributed by atoms with van der Waals surface area (Å²) in [7, 11) is -2.54. The molecule has 9 heteroatoms. The predicted molar refractivity (Wildman–Crippen MR) is 129 cm³/mol. The molecule has 0 amide bonds. The Hall–Kier alpha value is -2.80. The molecule has 3 aromatic rings. The zero-order valence-electron chi connectivity index (χ0n) is 19.3. The van der Waals surface area contributed by atoms with Crippen molar-refractivity contribution in [2.45, 2.75) is 45.1 Å². The molecule has 0 fully saturated rings. The predicted octanol–water partition coefficient (Wildman–Crippen LogP) is 5.06. The first-order valence-corrected chi connectivity index (χ1v) is 12.8. The lowest BCUT2D eigenvalue weighted by Crippen LogP contribution is -2.15. The zero-order chi connectivity index (χ0) is 24.7. The second kappa shape index (κ2) is 12.1. The van der Waals surface area contributed by atoms with Crippen LogP contribution in [0.25, 0.3) is 16.9 Å². The largest absolute Gasteiger partial charge is 0.481 e. The van der Waals surface area contributed by atoms with Crippen molar-refractivity contribution in [3.05, 3.63) is 71.7 Å². The maximum Gasteiger partial charge on any atom is 0.305 e. The molecule has 0 aliphatic rings. The van der Waals surface area contributed by atoms with E-state index in [1.165, 1.54) is 12.1 Å². The number of aliphatic carboxylic acids is 1. The van der Waals surface area contributed by atoms with Crippen LogP contribution in [0.1, 0.15) is 43.9 Å². The molecule has 2 aromatic carbocycles. The van der Waals surface area contributed by atoms with E-state index in [0.29, 0.717) is 12.8 Å². The van der Waals surface area contributed by atoms with E-state index in [1.54, 1.807) is 12.1 Å². The normalized spacial score (nSPS) is 13.2. The highest BCUT2D eigenvalue weighted by Crippen LogP contribution is 2.33. The number of aliphatic hydroxyl groups excluding tert-OH is 1. The van der Waals surface area contributed by atoms with Crippen molar-refractivity contribution >= 4 is 14.0 Å². The summed E-state index contributed by atoms with van der Waals surface area (Å²) in [5.41, 5.74) is 4.54. The van der Waals surface area contributed by atoms with Gasteiger partial charge in [-0.15, -0.1) is 0 Å². The first-order chi connectivity index (χ1) is 16.3. The quantitative estimate of drug-likeness (QED) is 0.273. The summed E-state index contributed by atoms with van der Waals surface area (Å²) in [5, 5.41) is 23.2. The van der Waals surface area contributed by atoms with Crippen LogP contribution < -0.4 is 0 Å². The number of aliphatic hydroxyl groups is 1. The van der Waals surface area contributed by atoms with Gasteiger partial charge in [-0.25, -0.2) is 9.07 Å². The van der Waals surface area contributed by atoms with Crippen LogP contribution in [-0.4, -0.2) is 44.8 Å². The number of carboxylic acid groups (broad SMARTS) is 1. The Morgan fingerprint density at radius 1 is 1.15 bits per heavy atom. The van der Waals surface area contributed by atoms with Crippen molar-refractivity contribution in [2.24, 2.45) is 0 Å². The van der Waals surface area contributed by atoms with Crippen LogP contribution >= 0.6 is 8.03 Å². The molecule has 0 bridgehead atoms. The molecule has 2 N–H and O–H groups in total. The summed E-state index contributed by atoms with van der Waals surface area (Å²) in [6, 6.07) is 16.0. The maximum absolute atomic E-state index is 13.5. The van der Waals surface area contributed by atoms with E-state index in [0.717, 1.165) is 28.2 Å². The molecule has 182 valence electrons. The van der Waals surface area contributed by atoms with E-state index in [-0.39, 0.29) is 24.5 Å². The molecule has 1 aromatic heterocycles. The van der Waals surface area contributed by atoms with Crippen molar-refractivity contribution in [3.63, 3.8) is 0 Å². The number of hydrogen-bond donors (Lipinski definition) is 2. The highest BCUT2D eigenvalue weighted by molar-refractivity contribution is 7.39. The van der Waals surface area contributed by atoms with E-state index < -0.39 is 26.5 Å². The van der Waals surface area contributed by atoms with Gasteiger partial charge < -0.3 is 14.7 Å². The first-order valence-electron chi connectivity index (χ1n) is 11.2. The summed E-state index contributed by atoms with van der Waals surface area (Å²) < 4.78 is 32.9. The van der Waals surface area contributed by atoms with Crippen molar-refractivity contribution < 1.29 is 28.5 Å². The number of rotatable bonds is 12. The Balaban J connectivity index is 1.82. The number of halogens is 1. The molecule has 0 aliphatic carbocycles. The summed E-state index contributed by atoms with van der Waals surface area (Å²) in [6.07, 6.45) is -0.677. The van der Waals surface area contributed by atoms with Crippen LogP contribution in [0.15, 0.2) is 54.6 Å². The number of hydrogen-bond acceptors (Lipinski definition) is 5. The van der Waals surface area contributed by atoms with E-state index in [4.69, 9.17) is 14.7 Å². The topological polar surface area (TPSA) is 102 Å². The number of carbonyl (C=O) groups is 1. The average molecular weight is 488 g/mol. The Labute approximate surface area is 199 Å². The Bertz CT molecular complexity index is 1120. The lowest BCUT2D eigenvalue weighted by Gasteiger charge is -2.13. The van der Waals surface area contributed by atoms with E-state index in [9.17, 15) is 18.9 Å². The number of carboxylic acids is 1. The van der Waals surface area contributed by atoms with Gasteiger partial charge in [-0.05, 0) is 55.2 Å². The minimum absolute atomic E-state index is 0.156. The van der Waals surface area contributed by atoms with Crippen LogP contribution in [0.2, 0.25) is 0 Å². The van der Waals surface area contributed by atoms with Crippen molar-refractivity contribution in [2.75, 3.05) is 12.8 Å². The zero-order valence-corrected chi connectivity index (χ0v) is 20.3. The monoisotopic (exact) mass is 488 g/mol. The van der Waals surface area contributed by atoms with Gasteiger partial charge >= 0.3 is 5.97 Å². The second-order valence-corrected chi connectivity index (χ2v) is 9.84. The Morgan fingerprint density at radius 3 is 2.44 bits per heavy atom. The molecule has 2 atom stereocenters. The number of benzene rings is 2. The highest BCUT2D eigenvalue weighted by Gasteiger charge is 2.22. The molecule has 1 heterocycles. The lowest BCUT2D eigenvalue weighted by atomic mass is 9.96. The van der Waals surface area contributed by atoms with Crippen LogP contribution in [0.5, 0.6) is 0 Å². The summed E-state index contributed by atoms with van der Waals surface area (Å²) in [4.78, 5) is 10.6. The van der Waals surface area contributed by atoms with Gasteiger partial charge in [-0.3, -0.25) is 9.36 Å². The second-order valence-electron chi connectivity index (χ2n) is 8.40. The molecule has 7 nitrogen and oxygen atoms in total. The van der Waals surface area contributed by atoms with Gasteiger partial charge in [0, 0.05) is 17.3 Å². The number of nitrogens with zero attached hydrogens (tertiary/aromatic N) is 2. The maximum atomic E-state index is 13.5. The molecule has 0 saturated heterocycles. The summed E-state index contributed by atoms with van der Waals surface area (Å²) in [5.74, 6) is -1.31. The van der Waals surface area contributed by atoms with Gasteiger partial charge in [-0.1, -0.05) is 32.0 Å². The van der Waals surface area contributed by atoms with Crippen molar-refractivity contribution in [1.82, 2.24) is 9.78 Å². The van der Waals surface area contributed by atoms with Gasteiger partial charge in [-0.2, -0.15) is 5.10 Å². The van der Waals surface area contributed by atoms with E-state index >= 15 is 0 Å². The number of aromatic nitrogens is 2. The smallest absolute Gasteiger partial charge is 0.305 e. The molecular formula is C25H30FN2O5P. The fourth-order valence-electron chi connectivity index (χ4n) is 3.87. The summed E-state index contributed by atoms with van der Waals surface area (Å²) >= 11 is 0. The molecule has 0 saturated carbocycles. The van der Waals surface area contributed by atoms with E-state index in [2.05, 4.69) is 13.8 Å². The van der Waals surface area contributed by atoms with Crippen LogP contribution in [0, 0.1) is 5.82 Å². The molecular weight excluding hydrogens is 458 g/mol. The highest BCUT2D eigenvalue weighted by atomic mass is 31.1. The third-order valence-corrected chi connectivity index (χ3v) is 6.67. The van der Waals surface area contributed by atoms with Crippen molar-refractivity contribution in [1.29, 1.82) is 0 Å². The van der Waals surface area contributed by atoms with Crippen LogP contribution in [0.4, 0.5) is 4.39 Å². The molecule has 0 aliphatic heterocycles. The SMILES string of the molecule is CC(C)c1c(CCCO[PH](=O)CC(O)CC(=O)O)c(-c2ccc(F)cc2)nn1-c1ccccc1. The minimum Gasteiger partial charge on any atom is -0.481 e. The third-order valence-electron chi connectivity index (χ3n) is 5.34. The number of para-hydroxylation sites is 1. The molecule has 0 spiro atoms. The van der Waals surface area contributed by atoms with Gasteiger partial charge in [0.05, 0.1) is 36.2 Å². The van der Waals surface area contributed by atoms with E-state index in [1.807, 2.05) is 35.0 Å². The fourth-order valence-corrected chi connectivity index (χ4v) is 4.89. The fraction of sp³-hybridized carbons (Fsp3) is 0.360. The first kappa shape index (κ1) is 25.8. The minimum atomic E-state index is -2.54. The van der Waals surface area contributed by atoms with Crippen LogP contribution in [-0.2, 0) is 20.3 Å². The van der Waals surface area contributed by atoms with Crippen molar-refractivity contribution in [3.8, 4) is 16.9 Å². The lowest BCUT2D eigenvalue weighted by molar-refractivity contribution is -0.138. The van der Waals surface area contributed by atoms with Gasteiger partial charge in [0.15, 0.2) is 8.03 Å². The van der Waals surface area contributed by atoms with Gasteiger partial charge in [0.1, 0.15) is 5.82 Å². The Kier molecular flexibility index (Phi) is 9.16. The average Bonchev–Trinajstić information content (AvgIpc) is 3.17. The van der Waals surface area contributed by atoms with Gasteiger partial charge in [0.2, 0.25) is 0 Å². The van der Waals surface area contributed by atoms with Gasteiger partial charge in [0.25, 0.3) is 0 Å². The molecule has 0 radical (unpaired) electrons. The molecule has 3 rings (SSSR count). The summed E-state index contributed by atoms with van der Waals surface area (Å²) in [6.45, 7) is 4.38. The third kappa shape index (κ3) is 6.86. The standard InChI is InChI=1S/C25H30FN2O5P/c1-17(2)25-22(9-6-14-33-34(32)16-21(29)15-23(30)31)24(18-10-12-19(26)13-11-18)27-28(25)20-7-4-3-5-8-20/h3-5,7-8,10-13,17,21,29,34H,6,9,14-16H2,1-2H3,(H,30,31).